The van der Waals surface area contributed by atoms with Gasteiger partial charge in [0.2, 0.25) is 0 Å². The molecule has 0 spiro atoms. The number of carbonyl (C=O) groups is 1. The van der Waals surface area contributed by atoms with Crippen LogP contribution in [0.1, 0.15) is 10.4 Å². The van der Waals surface area contributed by atoms with E-state index in [1.54, 1.807) is 18.2 Å². The molecule has 1 amide bonds. The normalized spacial score (nSPS) is 9.95. The van der Waals surface area contributed by atoms with Crippen LogP contribution in [0.25, 0.3) is 0 Å². The molecule has 4 nitrogen and oxygen atoms in total. The highest BCUT2D eigenvalue weighted by Gasteiger charge is 2.13. The number of halogens is 1. The van der Waals surface area contributed by atoms with Gasteiger partial charge >= 0.3 is 0 Å². The van der Waals surface area contributed by atoms with E-state index in [4.69, 9.17) is 9.47 Å². The van der Waals surface area contributed by atoms with E-state index in [1.165, 1.54) is 38.5 Å². The zero-order valence-corrected chi connectivity index (χ0v) is 11.1. The molecule has 2 aromatic carbocycles. The molecule has 0 saturated heterocycles. The number of anilines is 1. The van der Waals surface area contributed by atoms with Gasteiger partial charge in [-0.25, -0.2) is 4.39 Å². The van der Waals surface area contributed by atoms with Crippen molar-refractivity contribution < 1.29 is 18.7 Å². The number of hydrogen-bond acceptors (Lipinski definition) is 3. The first-order chi connectivity index (χ1) is 9.63. The molecule has 5 heteroatoms. The van der Waals surface area contributed by atoms with Gasteiger partial charge in [0.15, 0.2) is 0 Å². The van der Waals surface area contributed by atoms with Crippen molar-refractivity contribution in [2.75, 3.05) is 19.5 Å². The van der Waals surface area contributed by atoms with Crippen molar-refractivity contribution in [3.63, 3.8) is 0 Å². The van der Waals surface area contributed by atoms with Crippen LogP contribution in [0, 0.1) is 5.82 Å². The van der Waals surface area contributed by atoms with E-state index in [0.29, 0.717) is 22.7 Å². The van der Waals surface area contributed by atoms with Crippen LogP contribution < -0.4 is 14.8 Å². The first-order valence-electron chi connectivity index (χ1n) is 5.93. The fourth-order valence-corrected chi connectivity index (χ4v) is 1.72. The largest absolute Gasteiger partial charge is 0.497 e. The minimum absolute atomic E-state index is 0.337. The van der Waals surface area contributed by atoms with Gasteiger partial charge in [-0.15, -0.1) is 0 Å². The van der Waals surface area contributed by atoms with E-state index in [0.717, 1.165) is 0 Å². The second kappa shape index (κ2) is 6.06. The van der Waals surface area contributed by atoms with Crippen molar-refractivity contribution in [1.29, 1.82) is 0 Å². The van der Waals surface area contributed by atoms with Crippen LogP contribution in [0.15, 0.2) is 42.5 Å². The standard InChI is InChI=1S/C15H14FNO3/c1-19-12-7-8-13(14(9-12)20-2)15(18)17-11-5-3-10(16)4-6-11/h3-9H,1-2H3,(H,17,18). The molecular weight excluding hydrogens is 261 g/mol. The fourth-order valence-electron chi connectivity index (χ4n) is 1.72. The van der Waals surface area contributed by atoms with Crippen LogP contribution >= 0.6 is 0 Å². The van der Waals surface area contributed by atoms with Crippen LogP contribution in [-0.2, 0) is 0 Å². The molecule has 0 bridgehead atoms. The van der Waals surface area contributed by atoms with E-state index in [-0.39, 0.29) is 11.7 Å². The SMILES string of the molecule is COc1ccc(C(=O)Nc2ccc(F)cc2)c(OC)c1. The Hall–Kier alpha value is -2.56. The Morgan fingerprint density at radius 2 is 1.75 bits per heavy atom. The summed E-state index contributed by atoms with van der Waals surface area (Å²) in [5.41, 5.74) is 0.881. The van der Waals surface area contributed by atoms with Gasteiger partial charge in [0.05, 0.1) is 19.8 Å². The lowest BCUT2D eigenvalue weighted by atomic mass is 10.1. The molecule has 1 N–H and O–H groups in total. The molecule has 0 unspecified atom stereocenters. The highest BCUT2D eigenvalue weighted by Crippen LogP contribution is 2.25. The highest BCUT2D eigenvalue weighted by molar-refractivity contribution is 6.06. The molecular formula is C15H14FNO3. The molecule has 0 aliphatic carbocycles. The Balaban J connectivity index is 2.22. The summed E-state index contributed by atoms with van der Waals surface area (Å²) < 4.78 is 23.0. The summed E-state index contributed by atoms with van der Waals surface area (Å²) in [6.07, 6.45) is 0. The minimum atomic E-state index is -0.356. The van der Waals surface area contributed by atoms with Gasteiger partial charge in [-0.05, 0) is 36.4 Å². The quantitative estimate of drug-likeness (QED) is 0.932. The van der Waals surface area contributed by atoms with Crippen molar-refractivity contribution >= 4 is 11.6 Å². The van der Waals surface area contributed by atoms with Crippen molar-refractivity contribution in [2.24, 2.45) is 0 Å². The molecule has 0 atom stereocenters. The van der Waals surface area contributed by atoms with Gasteiger partial charge < -0.3 is 14.8 Å². The number of hydrogen-bond donors (Lipinski definition) is 1. The molecule has 0 radical (unpaired) electrons. The third-order valence-corrected chi connectivity index (χ3v) is 2.76. The second-order valence-corrected chi connectivity index (χ2v) is 4.03. The van der Waals surface area contributed by atoms with Gasteiger partial charge in [0, 0.05) is 11.8 Å². The third kappa shape index (κ3) is 3.06. The maximum atomic E-state index is 12.8. The summed E-state index contributed by atoms with van der Waals surface area (Å²) >= 11 is 0. The van der Waals surface area contributed by atoms with Crippen molar-refractivity contribution in [3.05, 3.63) is 53.8 Å². The molecule has 0 aliphatic heterocycles. The smallest absolute Gasteiger partial charge is 0.259 e. The van der Waals surface area contributed by atoms with Crippen molar-refractivity contribution in [2.45, 2.75) is 0 Å². The lowest BCUT2D eigenvalue weighted by molar-refractivity contribution is 0.102. The summed E-state index contributed by atoms with van der Waals surface area (Å²) in [5.74, 6) is 0.310. The Morgan fingerprint density at radius 1 is 1.05 bits per heavy atom. The number of rotatable bonds is 4. The number of ether oxygens (including phenoxy) is 2. The maximum absolute atomic E-state index is 12.8. The Kier molecular flexibility index (Phi) is 4.20. The van der Waals surface area contributed by atoms with Crippen LogP contribution in [0.2, 0.25) is 0 Å². The number of carbonyl (C=O) groups excluding carboxylic acids is 1. The maximum Gasteiger partial charge on any atom is 0.259 e. The lowest BCUT2D eigenvalue weighted by Gasteiger charge is -2.10. The molecule has 2 rings (SSSR count). The lowest BCUT2D eigenvalue weighted by Crippen LogP contribution is -2.13. The van der Waals surface area contributed by atoms with E-state index in [2.05, 4.69) is 5.32 Å². The van der Waals surface area contributed by atoms with Crippen LogP contribution in [0.3, 0.4) is 0 Å². The Morgan fingerprint density at radius 3 is 2.35 bits per heavy atom. The number of nitrogens with one attached hydrogen (secondary N) is 1. The van der Waals surface area contributed by atoms with Crippen LogP contribution in [-0.4, -0.2) is 20.1 Å². The minimum Gasteiger partial charge on any atom is -0.497 e. The number of amides is 1. The summed E-state index contributed by atoms with van der Waals surface area (Å²) in [6, 6.07) is 10.4. The first kappa shape index (κ1) is 13.9. The van der Waals surface area contributed by atoms with Gasteiger partial charge in [0.1, 0.15) is 17.3 Å². The van der Waals surface area contributed by atoms with E-state index >= 15 is 0 Å². The highest BCUT2D eigenvalue weighted by atomic mass is 19.1. The summed E-state index contributed by atoms with van der Waals surface area (Å²) in [5, 5.41) is 2.67. The molecule has 20 heavy (non-hydrogen) atoms. The molecule has 0 fully saturated rings. The monoisotopic (exact) mass is 275 g/mol. The van der Waals surface area contributed by atoms with Gasteiger partial charge in [-0.3, -0.25) is 4.79 Å². The summed E-state index contributed by atoms with van der Waals surface area (Å²) in [6.45, 7) is 0. The molecule has 2 aromatic rings. The van der Waals surface area contributed by atoms with E-state index in [1.807, 2.05) is 0 Å². The predicted molar refractivity (Wildman–Crippen MR) is 73.9 cm³/mol. The van der Waals surface area contributed by atoms with Crippen molar-refractivity contribution in [1.82, 2.24) is 0 Å². The van der Waals surface area contributed by atoms with Crippen LogP contribution in [0.4, 0.5) is 10.1 Å². The predicted octanol–water partition coefficient (Wildman–Crippen LogP) is 3.10. The molecule has 0 heterocycles. The fraction of sp³-hybridized carbons (Fsp3) is 0.133. The molecule has 0 aliphatic rings. The third-order valence-electron chi connectivity index (χ3n) is 2.76. The average Bonchev–Trinajstić information content (AvgIpc) is 2.48. The second-order valence-electron chi connectivity index (χ2n) is 4.03. The van der Waals surface area contributed by atoms with E-state index < -0.39 is 0 Å². The zero-order chi connectivity index (χ0) is 14.5. The van der Waals surface area contributed by atoms with Gasteiger partial charge in [-0.2, -0.15) is 0 Å². The average molecular weight is 275 g/mol. The molecule has 104 valence electrons. The summed E-state index contributed by atoms with van der Waals surface area (Å²) in [4.78, 5) is 12.2. The van der Waals surface area contributed by atoms with Gasteiger partial charge in [0.25, 0.3) is 5.91 Å². The number of benzene rings is 2. The Bertz CT molecular complexity index is 611. The van der Waals surface area contributed by atoms with Crippen LogP contribution in [0.5, 0.6) is 11.5 Å². The Labute approximate surface area is 116 Å². The van der Waals surface area contributed by atoms with Crippen molar-refractivity contribution in [3.8, 4) is 11.5 Å². The van der Waals surface area contributed by atoms with Gasteiger partial charge in [-0.1, -0.05) is 0 Å². The molecule has 0 aromatic heterocycles. The number of methoxy groups -OCH3 is 2. The topological polar surface area (TPSA) is 47.6 Å². The van der Waals surface area contributed by atoms with E-state index in [9.17, 15) is 9.18 Å². The first-order valence-corrected chi connectivity index (χ1v) is 5.93. The summed E-state index contributed by atoms with van der Waals surface area (Å²) in [7, 11) is 3.01. The zero-order valence-electron chi connectivity index (χ0n) is 11.1. The molecule has 0 saturated carbocycles.